The Morgan fingerprint density at radius 2 is 1.64 bits per heavy atom. The summed E-state index contributed by atoms with van der Waals surface area (Å²) in [5, 5.41) is 13.1. The largest absolute Gasteiger partial charge is 0.340 e. The molecular weight excluding hydrogens is 310 g/mol. The van der Waals surface area contributed by atoms with Gasteiger partial charge in [0.05, 0.1) is 17.0 Å². The minimum atomic E-state index is 0.614. The van der Waals surface area contributed by atoms with Gasteiger partial charge < -0.3 is 5.32 Å². The highest BCUT2D eigenvalue weighted by atomic mass is 15.1. The van der Waals surface area contributed by atoms with Crippen LogP contribution in [0.5, 0.6) is 0 Å². The van der Waals surface area contributed by atoms with Crippen LogP contribution in [0.25, 0.3) is 22.4 Å². The van der Waals surface area contributed by atoms with Gasteiger partial charge in [0.1, 0.15) is 5.82 Å². The van der Waals surface area contributed by atoms with E-state index in [1.165, 1.54) is 0 Å². The first-order valence-electron chi connectivity index (χ1n) is 7.79. The second-order valence-corrected chi connectivity index (χ2v) is 5.45. The molecule has 2 aromatic heterocycles. The SMILES string of the molecule is N#Cc1ccc(Nc2nc(-c3ccccc3)nc3ncccc23)cc1. The lowest BCUT2D eigenvalue weighted by Crippen LogP contribution is -2.00. The molecule has 0 unspecified atom stereocenters. The average Bonchev–Trinajstić information content (AvgIpc) is 2.69. The fourth-order valence-electron chi connectivity index (χ4n) is 2.54. The first-order chi connectivity index (χ1) is 12.3. The van der Waals surface area contributed by atoms with Gasteiger partial charge >= 0.3 is 0 Å². The molecule has 0 spiro atoms. The van der Waals surface area contributed by atoms with E-state index in [9.17, 15) is 0 Å². The second-order valence-electron chi connectivity index (χ2n) is 5.45. The number of benzene rings is 2. The molecule has 0 amide bonds. The van der Waals surface area contributed by atoms with E-state index in [4.69, 9.17) is 5.26 Å². The van der Waals surface area contributed by atoms with Crippen molar-refractivity contribution < 1.29 is 0 Å². The van der Waals surface area contributed by atoms with Crippen molar-refractivity contribution >= 4 is 22.5 Å². The first kappa shape index (κ1) is 14.8. The van der Waals surface area contributed by atoms with Crippen molar-refractivity contribution in [2.24, 2.45) is 0 Å². The average molecular weight is 323 g/mol. The zero-order valence-corrected chi connectivity index (χ0v) is 13.2. The summed E-state index contributed by atoms with van der Waals surface area (Å²) in [7, 11) is 0. The summed E-state index contributed by atoms with van der Waals surface area (Å²) in [6.45, 7) is 0. The van der Waals surface area contributed by atoms with E-state index < -0.39 is 0 Å². The van der Waals surface area contributed by atoms with Gasteiger partial charge in [-0.05, 0) is 36.4 Å². The molecule has 4 rings (SSSR count). The van der Waals surface area contributed by atoms with Crippen molar-refractivity contribution in [2.45, 2.75) is 0 Å². The summed E-state index contributed by atoms with van der Waals surface area (Å²) in [5.74, 6) is 1.30. The minimum Gasteiger partial charge on any atom is -0.340 e. The molecule has 0 bridgehead atoms. The molecule has 0 fully saturated rings. The van der Waals surface area contributed by atoms with Crippen molar-refractivity contribution in [3.63, 3.8) is 0 Å². The van der Waals surface area contributed by atoms with E-state index >= 15 is 0 Å². The number of fused-ring (bicyclic) bond motifs is 1. The van der Waals surface area contributed by atoms with E-state index in [0.29, 0.717) is 22.9 Å². The Labute approximate surface area is 144 Å². The maximum absolute atomic E-state index is 8.92. The smallest absolute Gasteiger partial charge is 0.165 e. The molecule has 0 saturated carbocycles. The highest BCUT2D eigenvalue weighted by molar-refractivity contribution is 5.89. The molecule has 5 nitrogen and oxygen atoms in total. The van der Waals surface area contributed by atoms with Gasteiger partial charge in [-0.1, -0.05) is 30.3 Å². The molecule has 2 heterocycles. The van der Waals surface area contributed by atoms with Crippen molar-refractivity contribution in [2.75, 3.05) is 5.32 Å². The number of hydrogen-bond donors (Lipinski definition) is 1. The molecular formula is C20H13N5. The molecule has 118 valence electrons. The minimum absolute atomic E-state index is 0.614. The van der Waals surface area contributed by atoms with Gasteiger partial charge in [0.25, 0.3) is 0 Å². The zero-order valence-electron chi connectivity index (χ0n) is 13.2. The molecule has 0 aliphatic carbocycles. The van der Waals surface area contributed by atoms with E-state index in [1.807, 2.05) is 54.6 Å². The molecule has 2 aromatic carbocycles. The third-order valence-electron chi connectivity index (χ3n) is 3.78. The number of rotatable bonds is 3. The van der Waals surface area contributed by atoms with Gasteiger partial charge in [-0.2, -0.15) is 5.26 Å². The van der Waals surface area contributed by atoms with Crippen LogP contribution >= 0.6 is 0 Å². The number of hydrogen-bond acceptors (Lipinski definition) is 5. The fraction of sp³-hybridized carbons (Fsp3) is 0. The summed E-state index contributed by atoms with van der Waals surface area (Å²) >= 11 is 0. The maximum atomic E-state index is 8.92. The van der Waals surface area contributed by atoms with Gasteiger partial charge in [0.15, 0.2) is 11.5 Å². The molecule has 5 heteroatoms. The van der Waals surface area contributed by atoms with Gasteiger partial charge in [-0.25, -0.2) is 15.0 Å². The molecule has 0 radical (unpaired) electrons. The Morgan fingerprint density at radius 1 is 0.840 bits per heavy atom. The van der Waals surface area contributed by atoms with E-state index in [-0.39, 0.29) is 0 Å². The molecule has 25 heavy (non-hydrogen) atoms. The first-order valence-corrected chi connectivity index (χ1v) is 7.79. The molecule has 0 aliphatic heterocycles. The molecule has 0 aliphatic rings. The van der Waals surface area contributed by atoms with Crippen molar-refractivity contribution in [3.05, 3.63) is 78.5 Å². The lowest BCUT2D eigenvalue weighted by molar-refractivity contribution is 1.19. The van der Waals surface area contributed by atoms with Crippen LogP contribution in [0.4, 0.5) is 11.5 Å². The zero-order chi connectivity index (χ0) is 17.1. The Kier molecular flexibility index (Phi) is 3.77. The van der Waals surface area contributed by atoms with Crippen LogP contribution in [0.3, 0.4) is 0 Å². The summed E-state index contributed by atoms with van der Waals surface area (Å²) in [4.78, 5) is 13.6. The number of aromatic nitrogens is 3. The van der Waals surface area contributed by atoms with E-state index in [1.54, 1.807) is 18.3 Å². The molecule has 0 saturated heterocycles. The Hall–Kier alpha value is -3.78. The number of nitrogens with one attached hydrogen (secondary N) is 1. The fourth-order valence-corrected chi connectivity index (χ4v) is 2.54. The van der Waals surface area contributed by atoms with Crippen molar-refractivity contribution in [1.82, 2.24) is 15.0 Å². The third-order valence-corrected chi connectivity index (χ3v) is 3.78. The van der Waals surface area contributed by atoms with Crippen LogP contribution < -0.4 is 5.32 Å². The Morgan fingerprint density at radius 3 is 2.40 bits per heavy atom. The van der Waals surface area contributed by atoms with Gasteiger partial charge in [-0.15, -0.1) is 0 Å². The lowest BCUT2D eigenvalue weighted by Gasteiger charge is -2.10. The summed E-state index contributed by atoms with van der Waals surface area (Å²) in [6, 6.07) is 22.9. The summed E-state index contributed by atoms with van der Waals surface area (Å²) in [5.41, 5.74) is 3.03. The van der Waals surface area contributed by atoms with Gasteiger partial charge in [0, 0.05) is 17.4 Å². The Bertz CT molecular complexity index is 1070. The Balaban J connectivity index is 1.82. The number of nitriles is 1. The number of pyridine rings is 1. The lowest BCUT2D eigenvalue weighted by atomic mass is 10.2. The van der Waals surface area contributed by atoms with Crippen LogP contribution in [0, 0.1) is 11.3 Å². The number of nitrogens with zero attached hydrogens (tertiary/aromatic N) is 4. The van der Waals surface area contributed by atoms with Crippen LogP contribution in [0.2, 0.25) is 0 Å². The maximum Gasteiger partial charge on any atom is 0.165 e. The quantitative estimate of drug-likeness (QED) is 0.608. The standard InChI is InChI=1S/C20H13N5/c21-13-14-8-10-16(11-9-14)23-20-17-7-4-12-22-19(17)24-18(25-20)15-5-2-1-3-6-15/h1-12H,(H,22,23,24,25). The highest BCUT2D eigenvalue weighted by Gasteiger charge is 2.10. The van der Waals surface area contributed by atoms with E-state index in [0.717, 1.165) is 16.6 Å². The topological polar surface area (TPSA) is 74.5 Å². The van der Waals surface area contributed by atoms with Crippen LogP contribution in [0.1, 0.15) is 5.56 Å². The van der Waals surface area contributed by atoms with Crippen molar-refractivity contribution in [1.29, 1.82) is 5.26 Å². The highest BCUT2D eigenvalue weighted by Crippen LogP contribution is 2.26. The van der Waals surface area contributed by atoms with Crippen molar-refractivity contribution in [3.8, 4) is 17.5 Å². The molecule has 4 aromatic rings. The molecule has 0 atom stereocenters. The second kappa shape index (κ2) is 6.38. The van der Waals surface area contributed by atoms with Gasteiger partial charge in [0.2, 0.25) is 0 Å². The van der Waals surface area contributed by atoms with Crippen LogP contribution in [0.15, 0.2) is 72.9 Å². The monoisotopic (exact) mass is 323 g/mol. The summed E-state index contributed by atoms with van der Waals surface area (Å²) < 4.78 is 0. The summed E-state index contributed by atoms with van der Waals surface area (Å²) in [6.07, 6.45) is 1.72. The van der Waals surface area contributed by atoms with E-state index in [2.05, 4.69) is 26.3 Å². The predicted octanol–water partition coefficient (Wildman–Crippen LogP) is 4.31. The van der Waals surface area contributed by atoms with Crippen LogP contribution in [-0.4, -0.2) is 15.0 Å². The third kappa shape index (κ3) is 3.01. The normalized spacial score (nSPS) is 10.4. The molecule has 1 N–H and O–H groups in total. The van der Waals surface area contributed by atoms with Gasteiger partial charge in [-0.3, -0.25) is 0 Å². The predicted molar refractivity (Wildman–Crippen MR) is 97.2 cm³/mol. The van der Waals surface area contributed by atoms with Crippen LogP contribution in [-0.2, 0) is 0 Å². The number of anilines is 2.